The quantitative estimate of drug-likeness (QED) is 0.829. The standard InChI is InChI=1S/C21H27N3O2/c1-24-13-6-5-11-19(24)15-22-21(25)23-18-10-7-12-20(14-18)26-16-17-8-3-2-4-9-17/h2-4,7-10,12,14,19H,5-6,11,13,15-16H2,1H3,(H2,22,23,25). The summed E-state index contributed by atoms with van der Waals surface area (Å²) in [5.41, 5.74) is 1.84. The van der Waals surface area contributed by atoms with E-state index in [9.17, 15) is 4.79 Å². The second-order valence-electron chi connectivity index (χ2n) is 6.77. The fourth-order valence-corrected chi connectivity index (χ4v) is 3.19. The lowest BCUT2D eigenvalue weighted by molar-refractivity contribution is 0.182. The molecule has 1 atom stereocenters. The zero-order valence-corrected chi connectivity index (χ0v) is 15.3. The highest BCUT2D eigenvalue weighted by Gasteiger charge is 2.19. The van der Waals surface area contributed by atoms with Crippen LogP contribution in [0.1, 0.15) is 24.8 Å². The van der Waals surface area contributed by atoms with Crippen LogP contribution in [0, 0.1) is 0 Å². The summed E-state index contributed by atoms with van der Waals surface area (Å²) in [6.07, 6.45) is 3.62. The highest BCUT2D eigenvalue weighted by atomic mass is 16.5. The molecule has 2 amide bonds. The highest BCUT2D eigenvalue weighted by molar-refractivity contribution is 5.89. The number of nitrogens with one attached hydrogen (secondary N) is 2. The number of rotatable bonds is 6. The first-order valence-electron chi connectivity index (χ1n) is 9.22. The van der Waals surface area contributed by atoms with Crippen LogP contribution in [0.2, 0.25) is 0 Å². The lowest BCUT2D eigenvalue weighted by Gasteiger charge is -2.32. The van der Waals surface area contributed by atoms with Crippen molar-refractivity contribution in [1.29, 1.82) is 0 Å². The minimum absolute atomic E-state index is 0.177. The molecule has 1 unspecified atom stereocenters. The predicted molar refractivity (Wildman–Crippen MR) is 105 cm³/mol. The molecule has 0 radical (unpaired) electrons. The molecule has 26 heavy (non-hydrogen) atoms. The van der Waals surface area contributed by atoms with E-state index < -0.39 is 0 Å². The van der Waals surface area contributed by atoms with E-state index in [1.54, 1.807) is 0 Å². The number of piperidine rings is 1. The van der Waals surface area contributed by atoms with Gasteiger partial charge in [0, 0.05) is 24.3 Å². The van der Waals surface area contributed by atoms with Gasteiger partial charge in [-0.1, -0.05) is 42.8 Å². The van der Waals surface area contributed by atoms with E-state index in [0.29, 0.717) is 19.2 Å². The van der Waals surface area contributed by atoms with Crippen LogP contribution >= 0.6 is 0 Å². The van der Waals surface area contributed by atoms with E-state index >= 15 is 0 Å². The van der Waals surface area contributed by atoms with Crippen LogP contribution in [0.3, 0.4) is 0 Å². The number of nitrogens with zero attached hydrogens (tertiary/aromatic N) is 1. The van der Waals surface area contributed by atoms with Gasteiger partial charge >= 0.3 is 6.03 Å². The van der Waals surface area contributed by atoms with Crippen molar-refractivity contribution >= 4 is 11.7 Å². The van der Waals surface area contributed by atoms with Gasteiger partial charge in [0.25, 0.3) is 0 Å². The highest BCUT2D eigenvalue weighted by Crippen LogP contribution is 2.19. The monoisotopic (exact) mass is 353 g/mol. The summed E-state index contributed by atoms with van der Waals surface area (Å²) in [6.45, 7) is 2.28. The zero-order chi connectivity index (χ0) is 18.2. The maximum Gasteiger partial charge on any atom is 0.319 e. The molecule has 2 aromatic rings. The van der Waals surface area contributed by atoms with Gasteiger partial charge in [0.1, 0.15) is 12.4 Å². The fraction of sp³-hybridized carbons (Fsp3) is 0.381. The first-order valence-corrected chi connectivity index (χ1v) is 9.22. The van der Waals surface area contributed by atoms with Crippen LogP contribution in [0.15, 0.2) is 54.6 Å². The number of carbonyl (C=O) groups excluding carboxylic acids is 1. The van der Waals surface area contributed by atoms with E-state index in [4.69, 9.17) is 4.74 Å². The van der Waals surface area contributed by atoms with Crippen molar-refractivity contribution in [3.05, 3.63) is 60.2 Å². The Hall–Kier alpha value is -2.53. The Bertz CT molecular complexity index is 705. The molecule has 0 saturated carbocycles. The van der Waals surface area contributed by atoms with Crippen LogP contribution in [0.25, 0.3) is 0 Å². The van der Waals surface area contributed by atoms with Crippen LogP contribution < -0.4 is 15.4 Å². The number of urea groups is 1. The van der Waals surface area contributed by atoms with E-state index in [1.807, 2.05) is 54.6 Å². The Morgan fingerprint density at radius 2 is 2.00 bits per heavy atom. The van der Waals surface area contributed by atoms with Crippen molar-refractivity contribution in [2.45, 2.75) is 31.9 Å². The van der Waals surface area contributed by atoms with Gasteiger partial charge in [-0.3, -0.25) is 0 Å². The van der Waals surface area contributed by atoms with Gasteiger partial charge in [-0.25, -0.2) is 4.79 Å². The Morgan fingerprint density at radius 1 is 1.15 bits per heavy atom. The molecular formula is C21H27N3O2. The number of amides is 2. The Morgan fingerprint density at radius 3 is 2.81 bits per heavy atom. The molecule has 1 aliphatic heterocycles. The molecule has 2 aromatic carbocycles. The van der Waals surface area contributed by atoms with E-state index in [-0.39, 0.29) is 6.03 Å². The van der Waals surface area contributed by atoms with Crippen molar-refractivity contribution in [1.82, 2.24) is 10.2 Å². The summed E-state index contributed by atoms with van der Waals surface area (Å²) in [5.74, 6) is 0.735. The number of benzene rings is 2. The Kier molecular flexibility index (Phi) is 6.50. The number of anilines is 1. The third-order valence-electron chi connectivity index (χ3n) is 4.76. The number of hydrogen-bond donors (Lipinski definition) is 2. The Labute approximate surface area is 155 Å². The number of hydrogen-bond acceptors (Lipinski definition) is 3. The average molecular weight is 353 g/mol. The molecule has 0 spiro atoms. The van der Waals surface area contributed by atoms with Crippen LogP contribution in [-0.2, 0) is 6.61 Å². The normalized spacial score (nSPS) is 17.5. The summed E-state index contributed by atoms with van der Waals surface area (Å²) >= 11 is 0. The van der Waals surface area contributed by atoms with Gasteiger partial charge < -0.3 is 20.3 Å². The number of ether oxygens (including phenoxy) is 1. The maximum absolute atomic E-state index is 12.2. The summed E-state index contributed by atoms with van der Waals surface area (Å²) in [6, 6.07) is 17.7. The molecule has 138 valence electrons. The first kappa shape index (κ1) is 18.3. The SMILES string of the molecule is CN1CCCCC1CNC(=O)Nc1cccc(OCc2ccccc2)c1. The number of likely N-dealkylation sites (N-methyl/N-ethyl adjacent to an activating group) is 1. The van der Waals surface area contributed by atoms with E-state index in [0.717, 1.165) is 30.0 Å². The second kappa shape index (κ2) is 9.25. The van der Waals surface area contributed by atoms with E-state index in [2.05, 4.69) is 22.6 Å². The van der Waals surface area contributed by atoms with Crippen molar-refractivity contribution in [3.8, 4) is 5.75 Å². The lowest BCUT2D eigenvalue weighted by atomic mass is 10.0. The fourth-order valence-electron chi connectivity index (χ4n) is 3.19. The topological polar surface area (TPSA) is 53.6 Å². The minimum Gasteiger partial charge on any atom is -0.489 e. The molecule has 0 bridgehead atoms. The zero-order valence-electron chi connectivity index (χ0n) is 15.3. The summed E-state index contributed by atoms with van der Waals surface area (Å²) in [5, 5.41) is 5.86. The lowest BCUT2D eigenvalue weighted by Crippen LogP contribution is -2.45. The van der Waals surface area contributed by atoms with E-state index in [1.165, 1.54) is 12.8 Å². The molecule has 2 N–H and O–H groups in total. The summed E-state index contributed by atoms with van der Waals surface area (Å²) < 4.78 is 5.81. The molecule has 0 aromatic heterocycles. The molecule has 0 aliphatic carbocycles. The smallest absolute Gasteiger partial charge is 0.319 e. The van der Waals surface area contributed by atoms with Gasteiger partial charge in [0.15, 0.2) is 0 Å². The van der Waals surface area contributed by atoms with Gasteiger partial charge in [0.2, 0.25) is 0 Å². The number of likely N-dealkylation sites (tertiary alicyclic amines) is 1. The van der Waals surface area contributed by atoms with Crippen molar-refractivity contribution in [2.75, 3.05) is 25.5 Å². The van der Waals surface area contributed by atoms with Crippen LogP contribution in [0.4, 0.5) is 10.5 Å². The number of carbonyl (C=O) groups is 1. The molecule has 1 aliphatic rings. The van der Waals surface area contributed by atoms with Crippen molar-refractivity contribution in [3.63, 3.8) is 0 Å². The molecule has 1 saturated heterocycles. The Balaban J connectivity index is 1.47. The predicted octanol–water partition coefficient (Wildman–Crippen LogP) is 3.87. The maximum atomic E-state index is 12.2. The molecule has 5 heteroatoms. The van der Waals surface area contributed by atoms with Gasteiger partial charge in [0.05, 0.1) is 0 Å². The van der Waals surface area contributed by atoms with Gasteiger partial charge in [-0.15, -0.1) is 0 Å². The summed E-state index contributed by atoms with van der Waals surface area (Å²) in [4.78, 5) is 14.5. The summed E-state index contributed by atoms with van der Waals surface area (Å²) in [7, 11) is 2.12. The van der Waals surface area contributed by atoms with Crippen molar-refractivity contribution < 1.29 is 9.53 Å². The molecule has 1 heterocycles. The third-order valence-corrected chi connectivity index (χ3v) is 4.76. The molecule has 3 rings (SSSR count). The average Bonchev–Trinajstić information content (AvgIpc) is 2.67. The second-order valence-corrected chi connectivity index (χ2v) is 6.77. The molecular weight excluding hydrogens is 326 g/mol. The molecule has 1 fully saturated rings. The van der Waals surface area contributed by atoms with Crippen LogP contribution in [-0.4, -0.2) is 37.1 Å². The first-order chi connectivity index (χ1) is 12.7. The van der Waals surface area contributed by atoms with Gasteiger partial charge in [-0.05, 0) is 44.1 Å². The van der Waals surface area contributed by atoms with Crippen molar-refractivity contribution in [2.24, 2.45) is 0 Å². The minimum atomic E-state index is -0.177. The van der Waals surface area contributed by atoms with Gasteiger partial charge in [-0.2, -0.15) is 0 Å². The third kappa shape index (κ3) is 5.49. The largest absolute Gasteiger partial charge is 0.489 e. The molecule has 5 nitrogen and oxygen atoms in total. The van der Waals surface area contributed by atoms with Crippen LogP contribution in [0.5, 0.6) is 5.75 Å².